The molecule has 3 aromatic carbocycles. The fraction of sp³-hybridized carbons (Fsp3) is 0.0455. The number of carbonyl (C=O) groups excluding carboxylic acids is 1. The van der Waals surface area contributed by atoms with Crippen molar-refractivity contribution in [2.75, 3.05) is 0 Å². The largest absolute Gasteiger partial charge is 0.489 e. The molecule has 0 atom stereocenters. The third kappa shape index (κ3) is 4.01. The lowest BCUT2D eigenvalue weighted by atomic mass is 10.1. The molecule has 0 bridgehead atoms. The van der Waals surface area contributed by atoms with Crippen molar-refractivity contribution in [1.29, 1.82) is 0 Å². The monoisotopic (exact) mass is 441 g/mol. The molecule has 0 spiro atoms. The normalized spacial score (nSPS) is 13.8. The summed E-state index contributed by atoms with van der Waals surface area (Å²) in [7, 11) is 0. The lowest BCUT2D eigenvalue weighted by Crippen LogP contribution is -1.98. The molecule has 0 aromatic heterocycles. The molecule has 6 nitrogen and oxygen atoms in total. The van der Waals surface area contributed by atoms with Gasteiger partial charge in [-0.3, -0.25) is 14.9 Å². The Bertz CT molecular complexity index is 1170. The third-order valence-corrected chi connectivity index (χ3v) is 5.20. The Morgan fingerprint density at radius 3 is 2.40 bits per heavy atom. The van der Waals surface area contributed by atoms with Crippen LogP contribution in [0.5, 0.6) is 11.5 Å². The van der Waals surface area contributed by atoms with Crippen LogP contribution in [0.2, 0.25) is 10.0 Å². The molecule has 0 radical (unpaired) electrons. The Morgan fingerprint density at radius 1 is 1.03 bits per heavy atom. The zero-order valence-corrected chi connectivity index (χ0v) is 16.8. The highest BCUT2D eigenvalue weighted by molar-refractivity contribution is 6.35. The van der Waals surface area contributed by atoms with Gasteiger partial charge in [-0.1, -0.05) is 29.3 Å². The fourth-order valence-corrected chi connectivity index (χ4v) is 3.43. The van der Waals surface area contributed by atoms with Crippen LogP contribution in [0.25, 0.3) is 6.08 Å². The van der Waals surface area contributed by atoms with Crippen LogP contribution in [-0.2, 0) is 6.61 Å². The summed E-state index contributed by atoms with van der Waals surface area (Å²) >= 11 is 12.3. The maximum absolute atomic E-state index is 12.6. The van der Waals surface area contributed by atoms with Crippen molar-refractivity contribution in [3.05, 3.63) is 103 Å². The smallest absolute Gasteiger partial charge is 0.269 e. The van der Waals surface area contributed by atoms with E-state index >= 15 is 0 Å². The number of nitro benzene ring substituents is 1. The summed E-state index contributed by atoms with van der Waals surface area (Å²) in [5, 5.41) is 11.8. The van der Waals surface area contributed by atoms with Crippen LogP contribution in [0, 0.1) is 10.1 Å². The molecule has 1 aliphatic rings. The molecule has 4 rings (SSSR count). The molecule has 0 fully saturated rings. The van der Waals surface area contributed by atoms with Gasteiger partial charge >= 0.3 is 0 Å². The van der Waals surface area contributed by atoms with Crippen molar-refractivity contribution < 1.29 is 19.2 Å². The number of Topliss-reactive ketones (excluding diaryl/α,β-unsaturated/α-hetero) is 1. The molecule has 0 amide bonds. The Balaban J connectivity index is 1.51. The van der Waals surface area contributed by atoms with Crippen LogP contribution in [0.3, 0.4) is 0 Å². The number of nitro groups is 1. The van der Waals surface area contributed by atoms with Gasteiger partial charge in [0.25, 0.3) is 5.69 Å². The van der Waals surface area contributed by atoms with Crippen LogP contribution in [0.15, 0.2) is 66.4 Å². The Labute approximate surface area is 181 Å². The van der Waals surface area contributed by atoms with Crippen LogP contribution in [0.4, 0.5) is 5.69 Å². The first-order valence-electron chi connectivity index (χ1n) is 8.81. The molecule has 0 saturated heterocycles. The minimum atomic E-state index is -0.485. The summed E-state index contributed by atoms with van der Waals surface area (Å²) in [5.74, 6) is 0.722. The first kappa shape index (κ1) is 19.9. The van der Waals surface area contributed by atoms with E-state index in [1.54, 1.807) is 48.5 Å². The van der Waals surface area contributed by atoms with Crippen LogP contribution < -0.4 is 9.47 Å². The number of nitrogens with zero attached hydrogens (tertiary/aromatic N) is 1. The van der Waals surface area contributed by atoms with Crippen molar-refractivity contribution in [3.8, 4) is 11.5 Å². The number of carbonyl (C=O) groups is 1. The Kier molecular flexibility index (Phi) is 5.44. The summed E-state index contributed by atoms with van der Waals surface area (Å²) in [4.78, 5) is 22.8. The Hall–Kier alpha value is -3.35. The first-order valence-corrected chi connectivity index (χ1v) is 9.56. The summed E-state index contributed by atoms with van der Waals surface area (Å²) in [6.07, 6.45) is 1.54. The SMILES string of the molecule is O=C1C(=Cc2ccc([N+](=O)[O-])cc2)Oc2cc(OCc3c(Cl)cccc3Cl)ccc21. The predicted octanol–water partition coefficient (Wildman–Crippen LogP) is 6.10. The number of non-ortho nitro benzene ring substituents is 1. The average molecular weight is 442 g/mol. The lowest BCUT2D eigenvalue weighted by molar-refractivity contribution is -0.384. The first-order chi connectivity index (χ1) is 14.4. The van der Waals surface area contributed by atoms with E-state index in [9.17, 15) is 14.9 Å². The number of ketones is 1. The summed E-state index contributed by atoms with van der Waals surface area (Å²) in [6, 6.07) is 15.9. The molecule has 30 heavy (non-hydrogen) atoms. The minimum Gasteiger partial charge on any atom is -0.489 e. The highest BCUT2D eigenvalue weighted by Gasteiger charge is 2.27. The molecular weight excluding hydrogens is 429 g/mol. The molecule has 0 unspecified atom stereocenters. The lowest BCUT2D eigenvalue weighted by Gasteiger charge is -2.10. The molecule has 0 saturated carbocycles. The van der Waals surface area contributed by atoms with Gasteiger partial charge in [-0.15, -0.1) is 0 Å². The van der Waals surface area contributed by atoms with Crippen molar-refractivity contribution in [1.82, 2.24) is 0 Å². The van der Waals surface area contributed by atoms with Gasteiger partial charge in [-0.05, 0) is 48.0 Å². The molecule has 3 aromatic rings. The van der Waals surface area contributed by atoms with Gasteiger partial charge in [-0.2, -0.15) is 0 Å². The highest BCUT2D eigenvalue weighted by atomic mass is 35.5. The van der Waals surface area contributed by atoms with E-state index in [-0.39, 0.29) is 23.8 Å². The van der Waals surface area contributed by atoms with Gasteiger partial charge in [0, 0.05) is 33.8 Å². The van der Waals surface area contributed by atoms with Crippen molar-refractivity contribution in [2.24, 2.45) is 0 Å². The fourth-order valence-electron chi connectivity index (χ4n) is 2.93. The summed E-state index contributed by atoms with van der Waals surface area (Å²) in [5.41, 5.74) is 1.66. The number of fused-ring (bicyclic) bond motifs is 1. The van der Waals surface area contributed by atoms with E-state index in [0.717, 1.165) is 0 Å². The molecule has 0 aliphatic carbocycles. The van der Waals surface area contributed by atoms with Crippen LogP contribution >= 0.6 is 23.2 Å². The quantitative estimate of drug-likeness (QED) is 0.271. The van der Waals surface area contributed by atoms with E-state index in [1.165, 1.54) is 18.2 Å². The maximum atomic E-state index is 12.6. The van der Waals surface area contributed by atoms with Gasteiger partial charge in [0.1, 0.15) is 18.1 Å². The Morgan fingerprint density at radius 2 is 1.73 bits per heavy atom. The molecule has 1 aliphatic heterocycles. The average Bonchev–Trinajstić information content (AvgIpc) is 3.03. The standard InChI is InChI=1S/C22H13Cl2NO5/c23-18-2-1-3-19(24)17(18)12-29-15-8-9-16-20(11-15)30-21(22(16)26)10-13-4-6-14(7-5-13)25(27)28/h1-11H,12H2. The van der Waals surface area contributed by atoms with Gasteiger partial charge in [-0.25, -0.2) is 0 Å². The van der Waals surface area contributed by atoms with Gasteiger partial charge < -0.3 is 9.47 Å². The number of rotatable bonds is 5. The van der Waals surface area contributed by atoms with E-state index in [2.05, 4.69) is 0 Å². The number of hydrogen-bond donors (Lipinski definition) is 0. The maximum Gasteiger partial charge on any atom is 0.269 e. The van der Waals surface area contributed by atoms with Crippen LogP contribution in [0.1, 0.15) is 21.5 Å². The van der Waals surface area contributed by atoms with E-state index in [0.29, 0.717) is 38.2 Å². The number of halogens is 2. The van der Waals surface area contributed by atoms with E-state index < -0.39 is 4.92 Å². The number of allylic oxidation sites excluding steroid dienone is 1. The molecule has 150 valence electrons. The van der Waals surface area contributed by atoms with Crippen molar-refractivity contribution >= 4 is 40.7 Å². The zero-order valence-electron chi connectivity index (χ0n) is 15.3. The van der Waals surface area contributed by atoms with Gasteiger partial charge in [0.2, 0.25) is 5.78 Å². The number of hydrogen-bond acceptors (Lipinski definition) is 5. The highest BCUT2D eigenvalue weighted by Crippen LogP contribution is 2.35. The third-order valence-electron chi connectivity index (χ3n) is 4.49. The number of ether oxygens (including phenoxy) is 2. The molecule has 1 heterocycles. The van der Waals surface area contributed by atoms with Crippen LogP contribution in [-0.4, -0.2) is 10.7 Å². The number of benzene rings is 3. The zero-order chi connectivity index (χ0) is 21.3. The van der Waals surface area contributed by atoms with Gasteiger partial charge in [0.05, 0.1) is 10.5 Å². The molecule has 0 N–H and O–H groups in total. The molecular formula is C22H13Cl2NO5. The van der Waals surface area contributed by atoms with Crippen molar-refractivity contribution in [3.63, 3.8) is 0 Å². The topological polar surface area (TPSA) is 78.7 Å². The second-order valence-electron chi connectivity index (χ2n) is 6.44. The van der Waals surface area contributed by atoms with E-state index in [4.69, 9.17) is 32.7 Å². The van der Waals surface area contributed by atoms with E-state index in [1.807, 2.05) is 0 Å². The second kappa shape index (κ2) is 8.18. The summed E-state index contributed by atoms with van der Waals surface area (Å²) in [6.45, 7) is 0.163. The molecule has 8 heteroatoms. The minimum absolute atomic E-state index is 0.0282. The second-order valence-corrected chi connectivity index (χ2v) is 7.25. The summed E-state index contributed by atoms with van der Waals surface area (Å²) < 4.78 is 11.4. The van der Waals surface area contributed by atoms with Crippen molar-refractivity contribution in [2.45, 2.75) is 6.61 Å². The predicted molar refractivity (Wildman–Crippen MR) is 113 cm³/mol. The van der Waals surface area contributed by atoms with Gasteiger partial charge in [0.15, 0.2) is 5.76 Å².